The van der Waals surface area contributed by atoms with E-state index < -0.39 is 11.9 Å². The third-order valence-corrected chi connectivity index (χ3v) is 2.39. The van der Waals surface area contributed by atoms with Crippen LogP contribution in [0.5, 0.6) is 0 Å². The molecule has 2 aromatic rings. The number of carboxylic acids is 1. The van der Waals surface area contributed by atoms with Gasteiger partial charge in [-0.3, -0.25) is 4.79 Å². The zero-order valence-electron chi connectivity index (χ0n) is 10.4. The van der Waals surface area contributed by atoms with Gasteiger partial charge in [-0.15, -0.1) is 0 Å². The summed E-state index contributed by atoms with van der Waals surface area (Å²) in [7, 11) is 0. The van der Waals surface area contributed by atoms with Gasteiger partial charge in [-0.05, 0) is 24.3 Å². The van der Waals surface area contributed by atoms with E-state index >= 15 is 0 Å². The minimum atomic E-state index is -1.15. The molecule has 0 aliphatic rings. The first-order valence-electron chi connectivity index (χ1n) is 5.82. The summed E-state index contributed by atoms with van der Waals surface area (Å²) in [5.41, 5.74) is 0.744. The highest BCUT2D eigenvalue weighted by Crippen LogP contribution is 2.07. The van der Waals surface area contributed by atoms with E-state index in [1.165, 1.54) is 12.1 Å². The maximum absolute atomic E-state index is 11.5. The summed E-state index contributed by atoms with van der Waals surface area (Å²) in [5, 5.41) is 11.2. The van der Waals surface area contributed by atoms with Gasteiger partial charge in [0, 0.05) is 11.5 Å². The van der Waals surface area contributed by atoms with Crippen LogP contribution in [-0.4, -0.2) is 17.0 Å². The molecular weight excluding hydrogens is 258 g/mol. The van der Waals surface area contributed by atoms with Crippen molar-refractivity contribution in [2.24, 2.45) is 0 Å². The molecule has 0 bridgehead atoms. The highest BCUT2D eigenvalue weighted by Gasteiger charge is 2.08. The van der Waals surface area contributed by atoms with E-state index in [2.05, 4.69) is 17.2 Å². The van der Waals surface area contributed by atoms with Crippen molar-refractivity contribution < 1.29 is 19.1 Å². The lowest BCUT2D eigenvalue weighted by molar-refractivity contribution is -0.115. The summed E-state index contributed by atoms with van der Waals surface area (Å²) in [6.45, 7) is 0.0928. The molecule has 0 aliphatic heterocycles. The molecule has 1 amide bonds. The zero-order chi connectivity index (χ0) is 14.4. The Kier molecular flexibility index (Phi) is 4.20. The van der Waals surface area contributed by atoms with Crippen LogP contribution in [0.15, 0.2) is 46.9 Å². The van der Waals surface area contributed by atoms with Crippen molar-refractivity contribution >= 4 is 11.9 Å². The standard InChI is InChI=1S/C15H11NO4/c17-14(9-6-11-4-2-1-3-5-11)16-10-12-7-8-13(20-12)15(18)19/h1-5,7-8H,10H2,(H,16,17)(H,18,19). The third kappa shape index (κ3) is 3.75. The normalized spacial score (nSPS) is 9.40. The Bertz CT molecular complexity index is 677. The Morgan fingerprint density at radius 1 is 1.15 bits per heavy atom. The van der Waals surface area contributed by atoms with E-state index in [1.54, 1.807) is 12.1 Å². The van der Waals surface area contributed by atoms with Gasteiger partial charge in [0.2, 0.25) is 5.76 Å². The Morgan fingerprint density at radius 2 is 1.90 bits per heavy atom. The molecule has 20 heavy (non-hydrogen) atoms. The lowest BCUT2D eigenvalue weighted by Crippen LogP contribution is -2.20. The molecule has 0 radical (unpaired) electrons. The average molecular weight is 269 g/mol. The maximum Gasteiger partial charge on any atom is 0.371 e. The van der Waals surface area contributed by atoms with Crippen molar-refractivity contribution in [2.45, 2.75) is 6.54 Å². The number of nitrogens with one attached hydrogen (secondary N) is 1. The van der Waals surface area contributed by atoms with Gasteiger partial charge in [0.1, 0.15) is 5.76 Å². The van der Waals surface area contributed by atoms with Gasteiger partial charge in [0.05, 0.1) is 6.54 Å². The van der Waals surface area contributed by atoms with Crippen molar-refractivity contribution in [1.82, 2.24) is 5.32 Å². The van der Waals surface area contributed by atoms with E-state index in [4.69, 9.17) is 9.52 Å². The van der Waals surface area contributed by atoms with Gasteiger partial charge in [0.15, 0.2) is 0 Å². The number of rotatable bonds is 3. The molecule has 0 saturated heterocycles. The molecule has 0 unspecified atom stereocenters. The van der Waals surface area contributed by atoms with E-state index in [9.17, 15) is 9.59 Å². The molecule has 100 valence electrons. The summed E-state index contributed by atoms with van der Waals surface area (Å²) in [4.78, 5) is 22.1. The number of hydrogen-bond acceptors (Lipinski definition) is 3. The van der Waals surface area contributed by atoms with E-state index in [0.29, 0.717) is 5.76 Å². The minimum Gasteiger partial charge on any atom is -0.475 e. The second-order valence-electron chi connectivity index (χ2n) is 3.87. The monoisotopic (exact) mass is 269 g/mol. The summed E-state index contributed by atoms with van der Waals surface area (Å²) in [6, 6.07) is 11.9. The van der Waals surface area contributed by atoms with E-state index in [-0.39, 0.29) is 12.3 Å². The van der Waals surface area contributed by atoms with Crippen molar-refractivity contribution in [1.29, 1.82) is 0 Å². The van der Waals surface area contributed by atoms with Crippen LogP contribution in [-0.2, 0) is 11.3 Å². The molecule has 2 N–H and O–H groups in total. The fourth-order valence-electron chi connectivity index (χ4n) is 1.45. The maximum atomic E-state index is 11.5. The van der Waals surface area contributed by atoms with Crippen LogP contribution in [0.2, 0.25) is 0 Å². The van der Waals surface area contributed by atoms with E-state index in [1.807, 2.05) is 18.2 Å². The number of benzene rings is 1. The molecule has 0 saturated carbocycles. The molecule has 1 aromatic heterocycles. The first-order chi connectivity index (χ1) is 9.65. The molecule has 1 aromatic carbocycles. The molecule has 0 fully saturated rings. The van der Waals surface area contributed by atoms with Crippen LogP contribution in [0, 0.1) is 11.8 Å². The second kappa shape index (κ2) is 6.25. The van der Waals surface area contributed by atoms with Gasteiger partial charge >= 0.3 is 5.97 Å². The average Bonchev–Trinajstić information content (AvgIpc) is 2.93. The largest absolute Gasteiger partial charge is 0.475 e. The van der Waals surface area contributed by atoms with Crippen molar-refractivity contribution in [3.8, 4) is 11.8 Å². The van der Waals surface area contributed by atoms with Crippen LogP contribution < -0.4 is 5.32 Å². The van der Waals surface area contributed by atoms with Gasteiger partial charge in [-0.1, -0.05) is 24.1 Å². The lowest BCUT2D eigenvalue weighted by atomic mass is 10.2. The topological polar surface area (TPSA) is 79.5 Å². The van der Waals surface area contributed by atoms with Gasteiger partial charge < -0.3 is 14.8 Å². The first-order valence-corrected chi connectivity index (χ1v) is 5.82. The fraction of sp³-hybridized carbons (Fsp3) is 0.0667. The molecule has 5 heteroatoms. The van der Waals surface area contributed by atoms with Gasteiger partial charge in [-0.25, -0.2) is 4.79 Å². The Balaban J connectivity index is 1.89. The van der Waals surface area contributed by atoms with Crippen molar-refractivity contribution in [3.63, 3.8) is 0 Å². The molecule has 5 nitrogen and oxygen atoms in total. The number of furan rings is 1. The molecule has 2 rings (SSSR count). The Morgan fingerprint density at radius 3 is 2.55 bits per heavy atom. The summed E-state index contributed by atoms with van der Waals surface area (Å²) in [5.74, 6) is 3.75. The molecule has 1 heterocycles. The number of carboxylic acid groups (broad SMARTS) is 1. The number of carbonyl (C=O) groups is 2. The van der Waals surface area contributed by atoms with Gasteiger partial charge in [-0.2, -0.15) is 0 Å². The quantitative estimate of drug-likeness (QED) is 0.830. The SMILES string of the molecule is O=C(C#Cc1ccccc1)NCc1ccc(C(=O)O)o1. The highest BCUT2D eigenvalue weighted by atomic mass is 16.4. The van der Waals surface area contributed by atoms with Crippen molar-refractivity contribution in [3.05, 3.63) is 59.5 Å². The van der Waals surface area contributed by atoms with Gasteiger partial charge in [0.25, 0.3) is 5.91 Å². The number of hydrogen-bond donors (Lipinski definition) is 2. The third-order valence-electron chi connectivity index (χ3n) is 2.39. The van der Waals surface area contributed by atoms with Crippen LogP contribution in [0.1, 0.15) is 21.9 Å². The predicted octanol–water partition coefficient (Wildman–Crippen LogP) is 1.65. The Labute approximate surface area is 115 Å². The first kappa shape index (κ1) is 13.4. The van der Waals surface area contributed by atoms with Crippen molar-refractivity contribution in [2.75, 3.05) is 0 Å². The summed E-state index contributed by atoms with van der Waals surface area (Å²) in [6.07, 6.45) is 0. The smallest absolute Gasteiger partial charge is 0.371 e. The Hall–Kier alpha value is -3.00. The summed E-state index contributed by atoms with van der Waals surface area (Å²) < 4.78 is 5.00. The van der Waals surface area contributed by atoms with Crippen LogP contribution >= 0.6 is 0 Å². The zero-order valence-corrected chi connectivity index (χ0v) is 10.4. The lowest BCUT2D eigenvalue weighted by Gasteiger charge is -1.96. The molecule has 0 spiro atoms. The van der Waals surface area contributed by atoms with Crippen LogP contribution in [0.3, 0.4) is 0 Å². The minimum absolute atomic E-state index is 0.0928. The molecule has 0 aliphatic carbocycles. The number of amides is 1. The van der Waals surface area contributed by atoms with Crippen LogP contribution in [0.4, 0.5) is 0 Å². The number of carbonyl (C=O) groups excluding carboxylic acids is 1. The fourth-order valence-corrected chi connectivity index (χ4v) is 1.45. The molecular formula is C15H11NO4. The van der Waals surface area contributed by atoms with Crippen LogP contribution in [0.25, 0.3) is 0 Å². The molecule has 0 atom stereocenters. The summed E-state index contributed by atoms with van der Waals surface area (Å²) >= 11 is 0. The predicted molar refractivity (Wildman–Crippen MR) is 70.8 cm³/mol. The van der Waals surface area contributed by atoms with E-state index in [0.717, 1.165) is 5.56 Å². The number of aromatic carboxylic acids is 1. The second-order valence-corrected chi connectivity index (χ2v) is 3.87. The highest BCUT2D eigenvalue weighted by molar-refractivity contribution is 5.94.